The largest absolute Gasteiger partial charge is 0.296 e. The molecule has 2 aliphatic heterocycles. The number of anilines is 1. The number of nitrogens with zero attached hydrogens (tertiary/aromatic N) is 3. The van der Waals surface area contributed by atoms with Gasteiger partial charge in [-0.2, -0.15) is 0 Å². The van der Waals surface area contributed by atoms with Crippen LogP contribution in [0.25, 0.3) is 0 Å². The normalized spacial score (nSPS) is 22.3. The predicted molar refractivity (Wildman–Crippen MR) is 106 cm³/mol. The second-order valence-electron chi connectivity index (χ2n) is 6.66. The van der Waals surface area contributed by atoms with E-state index in [0.29, 0.717) is 5.69 Å². The molecule has 2 saturated heterocycles. The summed E-state index contributed by atoms with van der Waals surface area (Å²) >= 11 is 5.16. The molecule has 0 spiro atoms. The summed E-state index contributed by atoms with van der Waals surface area (Å²) in [5.74, 6) is -0.202. The molecule has 0 bridgehead atoms. The van der Waals surface area contributed by atoms with Crippen LogP contribution in [0.15, 0.2) is 46.3 Å². The number of carbonyl (C=O) groups excluding carboxylic acids is 2. The minimum atomic E-state index is -0.324. The van der Waals surface area contributed by atoms with Gasteiger partial charge in [0, 0.05) is 42.1 Å². The summed E-state index contributed by atoms with van der Waals surface area (Å²) in [7, 11) is 0. The van der Waals surface area contributed by atoms with Gasteiger partial charge in [-0.15, -0.1) is 11.3 Å². The van der Waals surface area contributed by atoms with E-state index in [4.69, 9.17) is 0 Å². The van der Waals surface area contributed by atoms with Crippen LogP contribution in [0.4, 0.5) is 5.69 Å². The first-order valence-electron chi connectivity index (χ1n) is 8.73. The van der Waals surface area contributed by atoms with Crippen molar-refractivity contribution in [3.63, 3.8) is 0 Å². The number of rotatable bonds is 4. The number of hydrogen-bond donors (Lipinski definition) is 0. The topological polar surface area (TPSA) is 43.9 Å². The van der Waals surface area contributed by atoms with Crippen LogP contribution in [0, 0.1) is 0 Å². The van der Waals surface area contributed by atoms with Crippen molar-refractivity contribution in [2.75, 3.05) is 31.1 Å². The highest BCUT2D eigenvalue weighted by Crippen LogP contribution is 2.27. The van der Waals surface area contributed by atoms with Crippen LogP contribution in [-0.4, -0.2) is 53.8 Å². The standard InChI is InChI=1S/C19H20BrN3O2S/c20-14-3-5-15(6-4-14)23-18(24)12-17(19(23)25)22-9-7-21(8-10-22)13-16-2-1-11-26-16/h1-6,11,17H,7-10,12-13H2/t17-/m1/s1. The zero-order chi connectivity index (χ0) is 18.1. The van der Waals surface area contributed by atoms with E-state index in [1.54, 1.807) is 23.5 Å². The Bertz CT molecular complexity index is 786. The third kappa shape index (κ3) is 3.62. The monoisotopic (exact) mass is 433 g/mol. The Morgan fingerprint density at radius 3 is 2.42 bits per heavy atom. The molecule has 0 aliphatic carbocycles. The van der Waals surface area contributed by atoms with Gasteiger partial charge >= 0.3 is 0 Å². The highest BCUT2D eigenvalue weighted by atomic mass is 79.9. The van der Waals surface area contributed by atoms with Crippen LogP contribution in [0.5, 0.6) is 0 Å². The lowest BCUT2D eigenvalue weighted by atomic mass is 10.1. The number of piperazine rings is 1. The molecule has 0 unspecified atom stereocenters. The van der Waals surface area contributed by atoms with E-state index in [2.05, 4.69) is 43.2 Å². The molecule has 2 aliphatic rings. The fraction of sp³-hybridized carbons (Fsp3) is 0.368. The Morgan fingerprint density at radius 1 is 1.04 bits per heavy atom. The van der Waals surface area contributed by atoms with Crippen LogP contribution < -0.4 is 4.90 Å². The zero-order valence-corrected chi connectivity index (χ0v) is 16.7. The molecule has 2 fully saturated rings. The molecule has 2 amide bonds. The molecule has 1 atom stereocenters. The molecule has 0 N–H and O–H groups in total. The summed E-state index contributed by atoms with van der Waals surface area (Å²) in [4.78, 5) is 32.6. The average molecular weight is 434 g/mol. The number of thiophene rings is 1. The highest BCUT2D eigenvalue weighted by molar-refractivity contribution is 9.10. The lowest BCUT2D eigenvalue weighted by molar-refractivity contribution is -0.123. The third-order valence-corrected chi connectivity index (χ3v) is 6.40. The lowest BCUT2D eigenvalue weighted by Gasteiger charge is -2.36. The molecule has 136 valence electrons. The highest BCUT2D eigenvalue weighted by Gasteiger charge is 2.43. The van der Waals surface area contributed by atoms with Gasteiger partial charge in [-0.05, 0) is 35.7 Å². The number of hydrogen-bond acceptors (Lipinski definition) is 5. The van der Waals surface area contributed by atoms with Gasteiger partial charge in [0.1, 0.15) is 0 Å². The molecule has 2 aromatic rings. The van der Waals surface area contributed by atoms with E-state index in [9.17, 15) is 9.59 Å². The van der Waals surface area contributed by atoms with Gasteiger partial charge in [0.05, 0.1) is 18.2 Å². The molecule has 4 rings (SSSR count). The van der Waals surface area contributed by atoms with Crippen molar-refractivity contribution < 1.29 is 9.59 Å². The molecule has 1 aromatic carbocycles. The molecule has 3 heterocycles. The maximum atomic E-state index is 12.9. The number of halogens is 1. The van der Waals surface area contributed by atoms with Crippen LogP contribution in [0.2, 0.25) is 0 Å². The summed E-state index contributed by atoms with van der Waals surface area (Å²) in [6, 6.07) is 11.2. The van der Waals surface area contributed by atoms with Crippen molar-refractivity contribution in [3.8, 4) is 0 Å². The lowest BCUT2D eigenvalue weighted by Crippen LogP contribution is -2.52. The van der Waals surface area contributed by atoms with E-state index >= 15 is 0 Å². The van der Waals surface area contributed by atoms with Crippen LogP contribution in [0.3, 0.4) is 0 Å². The van der Waals surface area contributed by atoms with Crippen LogP contribution in [-0.2, 0) is 16.1 Å². The Labute approximate surface area is 165 Å². The summed E-state index contributed by atoms with van der Waals surface area (Å²) in [6.45, 7) is 4.46. The Balaban J connectivity index is 1.39. The van der Waals surface area contributed by atoms with Gasteiger partial charge in [-0.3, -0.25) is 19.4 Å². The average Bonchev–Trinajstić information content (AvgIpc) is 3.25. The van der Waals surface area contributed by atoms with E-state index in [0.717, 1.165) is 37.2 Å². The number of carbonyl (C=O) groups is 2. The van der Waals surface area contributed by atoms with E-state index < -0.39 is 0 Å². The maximum Gasteiger partial charge on any atom is 0.251 e. The van der Waals surface area contributed by atoms with E-state index in [1.807, 2.05) is 12.1 Å². The van der Waals surface area contributed by atoms with Crippen LogP contribution in [0.1, 0.15) is 11.3 Å². The molecular formula is C19H20BrN3O2S. The molecule has 7 heteroatoms. The molecular weight excluding hydrogens is 414 g/mol. The van der Waals surface area contributed by atoms with Crippen molar-refractivity contribution in [2.24, 2.45) is 0 Å². The van der Waals surface area contributed by atoms with E-state index in [-0.39, 0.29) is 24.3 Å². The summed E-state index contributed by atoms with van der Waals surface area (Å²) in [5.41, 5.74) is 0.655. The van der Waals surface area contributed by atoms with Crippen LogP contribution >= 0.6 is 27.3 Å². The first-order chi connectivity index (χ1) is 12.6. The fourth-order valence-corrected chi connectivity index (χ4v) is 4.63. The predicted octanol–water partition coefficient (Wildman–Crippen LogP) is 2.96. The van der Waals surface area contributed by atoms with Crippen molar-refractivity contribution in [3.05, 3.63) is 51.1 Å². The number of amides is 2. The zero-order valence-electron chi connectivity index (χ0n) is 14.3. The molecule has 26 heavy (non-hydrogen) atoms. The summed E-state index contributed by atoms with van der Waals surface area (Å²) < 4.78 is 0.929. The fourth-order valence-electron chi connectivity index (χ4n) is 3.62. The van der Waals surface area contributed by atoms with Crippen molar-refractivity contribution in [1.82, 2.24) is 9.80 Å². The SMILES string of the molecule is O=C1C[C@@H](N2CCN(Cc3cccs3)CC2)C(=O)N1c1ccc(Br)cc1. The molecule has 5 nitrogen and oxygen atoms in total. The van der Waals surface area contributed by atoms with Gasteiger partial charge in [0.15, 0.2) is 0 Å². The second-order valence-corrected chi connectivity index (χ2v) is 8.60. The smallest absolute Gasteiger partial charge is 0.251 e. The van der Waals surface area contributed by atoms with Gasteiger partial charge in [0.2, 0.25) is 5.91 Å². The first-order valence-corrected chi connectivity index (χ1v) is 10.4. The molecule has 0 saturated carbocycles. The van der Waals surface area contributed by atoms with Gasteiger partial charge in [-0.25, -0.2) is 4.90 Å². The Kier molecular flexibility index (Phi) is 5.22. The van der Waals surface area contributed by atoms with Crippen molar-refractivity contribution in [2.45, 2.75) is 19.0 Å². The minimum absolute atomic E-state index is 0.0935. The van der Waals surface area contributed by atoms with Crippen molar-refractivity contribution >= 4 is 44.8 Å². The van der Waals surface area contributed by atoms with E-state index in [1.165, 1.54) is 9.78 Å². The summed E-state index contributed by atoms with van der Waals surface area (Å²) in [6.07, 6.45) is 0.278. The Morgan fingerprint density at radius 2 is 1.77 bits per heavy atom. The first kappa shape index (κ1) is 17.9. The number of imide groups is 1. The number of benzene rings is 1. The second kappa shape index (κ2) is 7.60. The Hall–Kier alpha value is -1.54. The quantitative estimate of drug-likeness (QED) is 0.695. The van der Waals surface area contributed by atoms with Gasteiger partial charge in [-0.1, -0.05) is 22.0 Å². The molecule has 0 radical (unpaired) electrons. The minimum Gasteiger partial charge on any atom is -0.296 e. The van der Waals surface area contributed by atoms with Gasteiger partial charge < -0.3 is 0 Å². The van der Waals surface area contributed by atoms with Crippen molar-refractivity contribution in [1.29, 1.82) is 0 Å². The third-order valence-electron chi connectivity index (χ3n) is 5.01. The van der Waals surface area contributed by atoms with Gasteiger partial charge in [0.25, 0.3) is 5.91 Å². The maximum absolute atomic E-state index is 12.9. The molecule has 1 aromatic heterocycles. The summed E-state index contributed by atoms with van der Waals surface area (Å²) in [5, 5.41) is 2.10.